The number of benzene rings is 3. The smallest absolute Gasteiger partial charge is 0.273 e. The molecule has 0 fully saturated rings. The molecule has 1 N–H and O–H groups in total. The minimum absolute atomic E-state index is 0.00283. The first kappa shape index (κ1) is 22.7. The largest absolute Gasteiger partial charge is 0.349 e. The number of nitrogens with one attached hydrogen (secondary N) is 1. The summed E-state index contributed by atoms with van der Waals surface area (Å²) >= 11 is 8.03. The van der Waals surface area contributed by atoms with Gasteiger partial charge in [-0.05, 0) is 41.8 Å². The van der Waals surface area contributed by atoms with E-state index >= 15 is 0 Å². The fraction of sp³-hybridized carbons (Fsp3) is 0.222. The quantitative estimate of drug-likeness (QED) is 0.394. The number of carbonyl (C=O) groups is 1. The first-order valence-electron chi connectivity index (χ1n) is 11.3. The highest BCUT2D eigenvalue weighted by Crippen LogP contribution is 2.35. The van der Waals surface area contributed by atoms with Crippen LogP contribution in [0, 0.1) is 0 Å². The normalized spacial score (nSPS) is 15.1. The van der Waals surface area contributed by atoms with Crippen LogP contribution in [0.5, 0.6) is 0 Å². The van der Waals surface area contributed by atoms with Gasteiger partial charge in [-0.15, -0.1) is 11.8 Å². The lowest BCUT2D eigenvalue weighted by Crippen LogP contribution is -2.32. The number of hydrogen-bond acceptors (Lipinski definition) is 4. The number of thioether (sulfide) groups is 1. The van der Waals surface area contributed by atoms with E-state index in [4.69, 9.17) is 11.6 Å². The summed E-state index contributed by atoms with van der Waals surface area (Å²) in [7, 11) is 0. The van der Waals surface area contributed by atoms with E-state index in [-0.39, 0.29) is 30.3 Å². The standard InChI is InChI=1S/C27H24ClN3O2S/c28-19-10-12-24-23(16-19)29-22(27(33)31(24)17-18-6-2-1-3-7-18)11-13-26(32)30-21-14-15-34-25-9-5-4-8-20(21)25/h1-10,12,16,21H,11,13-15,17H2,(H,30,32). The lowest BCUT2D eigenvalue weighted by atomic mass is 10.0. The minimum Gasteiger partial charge on any atom is -0.349 e. The molecule has 1 aromatic heterocycles. The van der Waals surface area contributed by atoms with Gasteiger partial charge < -0.3 is 9.88 Å². The first-order valence-corrected chi connectivity index (χ1v) is 12.7. The number of aryl methyl sites for hydroxylation is 1. The highest BCUT2D eigenvalue weighted by molar-refractivity contribution is 7.99. The third-order valence-corrected chi connectivity index (χ3v) is 7.40. The number of hydrogen-bond donors (Lipinski definition) is 1. The number of halogens is 1. The summed E-state index contributed by atoms with van der Waals surface area (Å²) in [5.74, 6) is 0.896. The van der Waals surface area contributed by atoms with E-state index in [1.807, 2.05) is 60.3 Å². The lowest BCUT2D eigenvalue weighted by Gasteiger charge is -2.25. The molecule has 0 spiro atoms. The monoisotopic (exact) mass is 489 g/mol. The molecule has 1 atom stereocenters. The van der Waals surface area contributed by atoms with E-state index < -0.39 is 0 Å². The number of aromatic nitrogens is 2. The molecule has 4 aromatic rings. The molecule has 0 saturated heterocycles. The van der Waals surface area contributed by atoms with Crippen molar-refractivity contribution in [2.75, 3.05) is 5.75 Å². The van der Waals surface area contributed by atoms with E-state index in [2.05, 4.69) is 22.4 Å². The molecule has 34 heavy (non-hydrogen) atoms. The molecule has 5 rings (SSSR count). The molecule has 0 saturated carbocycles. The maximum absolute atomic E-state index is 13.4. The number of nitrogens with zero attached hydrogens (tertiary/aromatic N) is 2. The van der Waals surface area contributed by atoms with E-state index in [1.165, 1.54) is 4.90 Å². The topological polar surface area (TPSA) is 64.0 Å². The zero-order valence-electron chi connectivity index (χ0n) is 18.5. The van der Waals surface area contributed by atoms with Gasteiger partial charge in [0.05, 0.1) is 23.6 Å². The molecule has 1 aliphatic rings. The predicted molar refractivity (Wildman–Crippen MR) is 138 cm³/mol. The van der Waals surface area contributed by atoms with Crippen LogP contribution in [0.3, 0.4) is 0 Å². The first-order chi connectivity index (χ1) is 16.6. The Hall–Kier alpha value is -3.09. The third kappa shape index (κ3) is 4.88. The van der Waals surface area contributed by atoms with Crippen LogP contribution in [0.2, 0.25) is 5.02 Å². The van der Waals surface area contributed by atoms with Crippen LogP contribution in [0.1, 0.15) is 35.7 Å². The average molecular weight is 490 g/mol. The SMILES string of the molecule is O=C(CCc1nc2cc(Cl)ccc2n(Cc2ccccc2)c1=O)NC1CCSc2ccccc21. The Bertz CT molecular complexity index is 1400. The summed E-state index contributed by atoms with van der Waals surface area (Å²) in [6, 6.07) is 23.4. The average Bonchev–Trinajstić information content (AvgIpc) is 2.85. The summed E-state index contributed by atoms with van der Waals surface area (Å²) < 4.78 is 1.72. The summed E-state index contributed by atoms with van der Waals surface area (Å²) in [4.78, 5) is 32.0. The van der Waals surface area contributed by atoms with E-state index in [1.54, 1.807) is 16.7 Å². The fourth-order valence-electron chi connectivity index (χ4n) is 4.35. The molecule has 1 amide bonds. The molecule has 0 radical (unpaired) electrons. The second-order valence-electron chi connectivity index (χ2n) is 8.36. The molecule has 1 unspecified atom stereocenters. The van der Waals surface area contributed by atoms with Crippen LogP contribution < -0.4 is 10.9 Å². The Labute approximate surface area is 207 Å². The van der Waals surface area contributed by atoms with Gasteiger partial charge in [0.1, 0.15) is 5.69 Å². The number of fused-ring (bicyclic) bond motifs is 2. The van der Waals surface area contributed by atoms with Crippen LogP contribution in [-0.4, -0.2) is 21.2 Å². The van der Waals surface area contributed by atoms with Crippen molar-refractivity contribution in [2.45, 2.75) is 36.7 Å². The van der Waals surface area contributed by atoms with Gasteiger partial charge in [0.2, 0.25) is 5.91 Å². The van der Waals surface area contributed by atoms with E-state index in [0.717, 1.165) is 28.8 Å². The van der Waals surface area contributed by atoms with Gasteiger partial charge in [0.25, 0.3) is 5.56 Å². The number of rotatable bonds is 6. The summed E-state index contributed by atoms with van der Waals surface area (Å²) in [5.41, 5.74) is 3.76. The number of amides is 1. The van der Waals surface area contributed by atoms with Crippen molar-refractivity contribution < 1.29 is 4.79 Å². The molecular formula is C27H24ClN3O2S. The van der Waals surface area contributed by atoms with Gasteiger partial charge in [-0.3, -0.25) is 9.59 Å². The maximum atomic E-state index is 13.4. The van der Waals surface area contributed by atoms with Crippen molar-refractivity contribution in [3.05, 3.63) is 105 Å². The van der Waals surface area contributed by atoms with Crippen LogP contribution in [-0.2, 0) is 17.8 Å². The molecular weight excluding hydrogens is 466 g/mol. The molecule has 3 aromatic carbocycles. The zero-order valence-corrected chi connectivity index (χ0v) is 20.1. The molecule has 5 nitrogen and oxygen atoms in total. The van der Waals surface area contributed by atoms with Crippen molar-refractivity contribution in [1.29, 1.82) is 0 Å². The van der Waals surface area contributed by atoms with Crippen molar-refractivity contribution in [3.8, 4) is 0 Å². The molecule has 172 valence electrons. The van der Waals surface area contributed by atoms with E-state index in [0.29, 0.717) is 22.8 Å². The van der Waals surface area contributed by atoms with Gasteiger partial charge in [-0.2, -0.15) is 0 Å². The van der Waals surface area contributed by atoms with Gasteiger partial charge in [0.15, 0.2) is 0 Å². The van der Waals surface area contributed by atoms with Gasteiger partial charge in [-0.25, -0.2) is 4.98 Å². The van der Waals surface area contributed by atoms with Crippen molar-refractivity contribution in [3.63, 3.8) is 0 Å². The van der Waals surface area contributed by atoms with Crippen LogP contribution in [0.15, 0.2) is 82.5 Å². The Morgan fingerprint density at radius 3 is 2.74 bits per heavy atom. The Balaban J connectivity index is 1.38. The van der Waals surface area contributed by atoms with E-state index in [9.17, 15) is 9.59 Å². The highest BCUT2D eigenvalue weighted by Gasteiger charge is 2.22. The summed E-state index contributed by atoms with van der Waals surface area (Å²) in [6.07, 6.45) is 1.36. The van der Waals surface area contributed by atoms with Crippen LogP contribution in [0.25, 0.3) is 11.0 Å². The molecule has 7 heteroatoms. The maximum Gasteiger partial charge on any atom is 0.273 e. The third-order valence-electron chi connectivity index (χ3n) is 6.04. The molecule has 0 bridgehead atoms. The lowest BCUT2D eigenvalue weighted by molar-refractivity contribution is -0.121. The summed E-state index contributed by atoms with van der Waals surface area (Å²) in [5, 5.41) is 3.71. The van der Waals surface area contributed by atoms with Crippen LogP contribution >= 0.6 is 23.4 Å². The summed E-state index contributed by atoms with van der Waals surface area (Å²) in [6.45, 7) is 0.427. The molecule has 2 heterocycles. The van der Waals surface area contributed by atoms with Crippen molar-refractivity contribution in [1.82, 2.24) is 14.9 Å². The molecule has 1 aliphatic heterocycles. The Morgan fingerprint density at radius 1 is 1.09 bits per heavy atom. The number of carbonyl (C=O) groups excluding carboxylic acids is 1. The fourth-order valence-corrected chi connectivity index (χ4v) is 5.64. The Kier molecular flexibility index (Phi) is 6.70. The van der Waals surface area contributed by atoms with Gasteiger partial charge >= 0.3 is 0 Å². The zero-order chi connectivity index (χ0) is 23.5. The second kappa shape index (κ2) is 10.0. The second-order valence-corrected chi connectivity index (χ2v) is 9.94. The van der Waals surface area contributed by atoms with Gasteiger partial charge in [0, 0.05) is 28.5 Å². The molecule has 0 aliphatic carbocycles. The highest BCUT2D eigenvalue weighted by atomic mass is 35.5. The predicted octanol–water partition coefficient (Wildman–Crippen LogP) is 5.38. The van der Waals surface area contributed by atoms with Gasteiger partial charge in [-0.1, -0.05) is 60.1 Å². The minimum atomic E-state index is -0.175. The van der Waals surface area contributed by atoms with Crippen LogP contribution in [0.4, 0.5) is 0 Å². The Morgan fingerprint density at radius 2 is 1.88 bits per heavy atom. The van der Waals surface area contributed by atoms with Crippen molar-refractivity contribution >= 4 is 40.3 Å². The van der Waals surface area contributed by atoms with Crippen molar-refractivity contribution in [2.24, 2.45) is 0 Å².